The highest BCUT2D eigenvalue weighted by Crippen LogP contribution is 2.33. The molecule has 1 spiro atoms. The number of amides is 1. The van der Waals surface area contributed by atoms with E-state index in [-0.39, 0.29) is 17.6 Å². The number of benzene rings is 2. The molecule has 2 fully saturated rings. The van der Waals surface area contributed by atoms with Crippen molar-refractivity contribution in [2.75, 3.05) is 32.8 Å². The van der Waals surface area contributed by atoms with E-state index in [1.165, 1.54) is 11.1 Å². The van der Waals surface area contributed by atoms with Crippen LogP contribution < -0.4 is 5.32 Å². The highest BCUT2D eigenvalue weighted by Gasteiger charge is 2.43. The van der Waals surface area contributed by atoms with Crippen LogP contribution in [0.5, 0.6) is 0 Å². The van der Waals surface area contributed by atoms with Gasteiger partial charge in [-0.2, -0.15) is 0 Å². The number of nitrogens with one attached hydrogen (secondary N) is 1. The van der Waals surface area contributed by atoms with Crippen molar-refractivity contribution >= 4 is 5.91 Å². The molecule has 0 saturated carbocycles. The second kappa shape index (κ2) is 9.29. The summed E-state index contributed by atoms with van der Waals surface area (Å²) < 4.78 is 12.4. The summed E-state index contributed by atoms with van der Waals surface area (Å²) in [6.45, 7) is 8.70. The standard InChI is InChI=1S/C25H32N2O3/c1-19-3-7-21(8-4-19)16-27-13-14-29-18-25(17-27)12-11-23(30-25)15-26-24(28)22-9-5-20(2)6-10-22/h3-10,23H,11-18H2,1-2H3,(H,26,28). The minimum absolute atomic E-state index is 0.0299. The van der Waals surface area contributed by atoms with Gasteiger partial charge in [-0.25, -0.2) is 0 Å². The Kier molecular flexibility index (Phi) is 6.52. The first-order chi connectivity index (χ1) is 14.5. The van der Waals surface area contributed by atoms with E-state index in [2.05, 4.69) is 41.4 Å². The first-order valence-corrected chi connectivity index (χ1v) is 10.9. The highest BCUT2D eigenvalue weighted by molar-refractivity contribution is 5.94. The fraction of sp³-hybridized carbons (Fsp3) is 0.480. The molecule has 2 unspecified atom stereocenters. The molecule has 0 bridgehead atoms. The van der Waals surface area contributed by atoms with E-state index in [4.69, 9.17) is 9.47 Å². The van der Waals surface area contributed by atoms with Gasteiger partial charge in [-0.05, 0) is 44.4 Å². The Morgan fingerprint density at radius 1 is 1.10 bits per heavy atom. The fourth-order valence-electron chi connectivity index (χ4n) is 4.35. The molecular formula is C25H32N2O3. The van der Waals surface area contributed by atoms with E-state index in [0.29, 0.717) is 18.7 Å². The van der Waals surface area contributed by atoms with Crippen LogP contribution in [-0.4, -0.2) is 55.4 Å². The summed E-state index contributed by atoms with van der Waals surface area (Å²) in [6, 6.07) is 16.4. The summed E-state index contributed by atoms with van der Waals surface area (Å²) >= 11 is 0. The van der Waals surface area contributed by atoms with E-state index < -0.39 is 0 Å². The van der Waals surface area contributed by atoms with Crippen LogP contribution in [0.3, 0.4) is 0 Å². The molecule has 2 heterocycles. The lowest BCUT2D eigenvalue weighted by atomic mass is 9.99. The lowest BCUT2D eigenvalue weighted by Gasteiger charge is -2.32. The van der Waals surface area contributed by atoms with E-state index >= 15 is 0 Å². The van der Waals surface area contributed by atoms with Crippen LogP contribution in [0.4, 0.5) is 0 Å². The van der Waals surface area contributed by atoms with Gasteiger partial charge in [-0.1, -0.05) is 47.5 Å². The Labute approximate surface area is 179 Å². The number of hydrogen-bond donors (Lipinski definition) is 1. The van der Waals surface area contributed by atoms with Crippen LogP contribution in [0.1, 0.15) is 39.9 Å². The zero-order valence-corrected chi connectivity index (χ0v) is 18.0. The number of hydrogen-bond acceptors (Lipinski definition) is 4. The SMILES string of the molecule is Cc1ccc(CN2CCOCC3(CCC(CNC(=O)c4ccc(C)cc4)O3)C2)cc1. The second-order valence-corrected chi connectivity index (χ2v) is 8.79. The maximum atomic E-state index is 12.4. The van der Waals surface area contributed by atoms with E-state index in [1.54, 1.807) is 0 Å². The van der Waals surface area contributed by atoms with Crippen LogP contribution in [0.2, 0.25) is 0 Å². The van der Waals surface area contributed by atoms with Crippen molar-refractivity contribution in [3.05, 3.63) is 70.8 Å². The number of ether oxygens (including phenoxy) is 2. The predicted octanol–water partition coefficient (Wildman–Crippen LogP) is 3.48. The minimum Gasteiger partial charge on any atom is -0.377 e. The molecular weight excluding hydrogens is 376 g/mol. The molecule has 2 atom stereocenters. The fourth-order valence-corrected chi connectivity index (χ4v) is 4.35. The number of aryl methyl sites for hydroxylation is 2. The molecule has 2 saturated heterocycles. The van der Waals surface area contributed by atoms with Gasteiger partial charge in [0.25, 0.3) is 5.91 Å². The van der Waals surface area contributed by atoms with Crippen molar-refractivity contribution in [3.8, 4) is 0 Å². The molecule has 0 radical (unpaired) electrons. The van der Waals surface area contributed by atoms with Crippen molar-refractivity contribution in [1.29, 1.82) is 0 Å². The molecule has 4 rings (SSSR count). The van der Waals surface area contributed by atoms with Crippen LogP contribution >= 0.6 is 0 Å². The Balaban J connectivity index is 1.32. The smallest absolute Gasteiger partial charge is 0.251 e. The van der Waals surface area contributed by atoms with Gasteiger partial charge in [0.1, 0.15) is 5.60 Å². The molecule has 5 heteroatoms. The molecule has 5 nitrogen and oxygen atoms in total. The van der Waals surface area contributed by atoms with Gasteiger partial charge in [-0.15, -0.1) is 0 Å². The molecule has 1 N–H and O–H groups in total. The lowest BCUT2D eigenvalue weighted by Crippen LogP contribution is -2.45. The van der Waals surface area contributed by atoms with Crippen LogP contribution in [-0.2, 0) is 16.0 Å². The zero-order valence-electron chi connectivity index (χ0n) is 18.0. The van der Waals surface area contributed by atoms with Gasteiger partial charge < -0.3 is 14.8 Å². The van der Waals surface area contributed by atoms with Gasteiger partial charge in [-0.3, -0.25) is 9.69 Å². The first-order valence-electron chi connectivity index (χ1n) is 10.9. The number of rotatable bonds is 5. The van der Waals surface area contributed by atoms with Gasteiger partial charge in [0.05, 0.1) is 19.3 Å². The first kappa shape index (κ1) is 21.0. The summed E-state index contributed by atoms with van der Waals surface area (Å²) in [5.41, 5.74) is 4.16. The molecule has 2 aliphatic heterocycles. The van der Waals surface area contributed by atoms with Crippen molar-refractivity contribution in [2.45, 2.75) is 44.9 Å². The largest absolute Gasteiger partial charge is 0.377 e. The summed E-state index contributed by atoms with van der Waals surface area (Å²) in [5, 5.41) is 3.04. The van der Waals surface area contributed by atoms with E-state index in [9.17, 15) is 4.79 Å². The highest BCUT2D eigenvalue weighted by atomic mass is 16.6. The topological polar surface area (TPSA) is 50.8 Å². The number of carbonyl (C=O) groups is 1. The maximum Gasteiger partial charge on any atom is 0.251 e. The summed E-state index contributed by atoms with van der Waals surface area (Å²) in [5.74, 6) is -0.0438. The average molecular weight is 409 g/mol. The number of carbonyl (C=O) groups excluding carboxylic acids is 1. The molecule has 30 heavy (non-hydrogen) atoms. The normalized spacial score (nSPS) is 24.7. The molecule has 2 aliphatic rings. The third-order valence-electron chi connectivity index (χ3n) is 6.10. The van der Waals surface area contributed by atoms with Crippen molar-refractivity contribution in [1.82, 2.24) is 10.2 Å². The molecule has 2 aromatic carbocycles. The maximum absolute atomic E-state index is 12.4. The van der Waals surface area contributed by atoms with Gasteiger partial charge in [0, 0.05) is 31.7 Å². The minimum atomic E-state index is -0.277. The van der Waals surface area contributed by atoms with E-state index in [1.807, 2.05) is 31.2 Å². The van der Waals surface area contributed by atoms with E-state index in [0.717, 1.165) is 44.6 Å². The molecule has 2 aromatic rings. The van der Waals surface area contributed by atoms with Crippen LogP contribution in [0.25, 0.3) is 0 Å². The average Bonchev–Trinajstić information content (AvgIpc) is 3.03. The Morgan fingerprint density at radius 3 is 2.53 bits per heavy atom. The predicted molar refractivity (Wildman–Crippen MR) is 118 cm³/mol. The van der Waals surface area contributed by atoms with Crippen LogP contribution in [0.15, 0.2) is 48.5 Å². The van der Waals surface area contributed by atoms with Crippen molar-refractivity contribution in [3.63, 3.8) is 0 Å². The zero-order chi connectivity index (χ0) is 21.0. The summed E-state index contributed by atoms with van der Waals surface area (Å²) in [7, 11) is 0. The van der Waals surface area contributed by atoms with Gasteiger partial charge >= 0.3 is 0 Å². The Hall–Kier alpha value is -2.21. The second-order valence-electron chi connectivity index (χ2n) is 8.79. The Morgan fingerprint density at radius 2 is 1.80 bits per heavy atom. The number of nitrogens with zero attached hydrogens (tertiary/aromatic N) is 1. The molecule has 0 aromatic heterocycles. The van der Waals surface area contributed by atoms with Crippen molar-refractivity contribution in [2.24, 2.45) is 0 Å². The molecule has 160 valence electrons. The summed E-state index contributed by atoms with van der Waals surface area (Å²) in [4.78, 5) is 14.9. The summed E-state index contributed by atoms with van der Waals surface area (Å²) in [6.07, 6.45) is 1.93. The molecule has 0 aliphatic carbocycles. The van der Waals surface area contributed by atoms with Gasteiger partial charge in [0.15, 0.2) is 0 Å². The van der Waals surface area contributed by atoms with Gasteiger partial charge in [0.2, 0.25) is 0 Å². The molecule has 1 amide bonds. The lowest BCUT2D eigenvalue weighted by molar-refractivity contribution is -0.0849. The third-order valence-corrected chi connectivity index (χ3v) is 6.10. The van der Waals surface area contributed by atoms with Crippen LogP contribution in [0, 0.1) is 13.8 Å². The third kappa shape index (κ3) is 5.28. The Bertz CT molecular complexity index is 850. The van der Waals surface area contributed by atoms with Crippen molar-refractivity contribution < 1.29 is 14.3 Å². The monoisotopic (exact) mass is 408 g/mol. The quantitative estimate of drug-likeness (QED) is 0.823.